The Morgan fingerprint density at radius 2 is 1.50 bits per heavy atom. The Morgan fingerprint density at radius 3 is 2.14 bits per heavy atom. The summed E-state index contributed by atoms with van der Waals surface area (Å²) in [6, 6.07) is 24.3. The molecule has 0 radical (unpaired) electrons. The maximum Gasteiger partial charge on any atom is 0.267 e. The molecule has 0 spiro atoms. The molecule has 0 bridgehead atoms. The van der Waals surface area contributed by atoms with Crippen LogP contribution in [0.1, 0.15) is 45.5 Å². The lowest BCUT2D eigenvalue weighted by molar-refractivity contribution is -0.124. The third-order valence-corrected chi connectivity index (χ3v) is 5.70. The normalized spacial score (nSPS) is 13.3. The van der Waals surface area contributed by atoms with Gasteiger partial charge in [-0.3, -0.25) is 19.6 Å². The van der Waals surface area contributed by atoms with Gasteiger partial charge >= 0.3 is 0 Å². The fourth-order valence-electron chi connectivity index (χ4n) is 3.53. The second-order valence-electron chi connectivity index (χ2n) is 8.53. The van der Waals surface area contributed by atoms with Gasteiger partial charge in [-0.2, -0.15) is 0 Å². The van der Waals surface area contributed by atoms with Crippen LogP contribution in [0.5, 0.6) is 0 Å². The molecule has 182 valence electrons. The summed E-state index contributed by atoms with van der Waals surface area (Å²) in [6.45, 7) is 0.348. The van der Waals surface area contributed by atoms with Gasteiger partial charge in [0, 0.05) is 29.8 Å². The number of nitrogens with one attached hydrogen (secondary N) is 3. The number of hydrogen-bond donors (Lipinski definition) is 4. The smallest absolute Gasteiger partial charge is 0.267 e. The molecule has 0 heterocycles. The Kier molecular flexibility index (Phi) is 8.05. The average molecular weight is 482 g/mol. The number of carbonyl (C=O) groups is 3. The van der Waals surface area contributed by atoms with E-state index in [0.29, 0.717) is 17.7 Å². The molecule has 0 unspecified atom stereocenters. The highest BCUT2D eigenvalue weighted by Gasteiger charge is 2.25. The van der Waals surface area contributed by atoms with Crippen molar-refractivity contribution in [1.82, 2.24) is 16.1 Å². The molecule has 3 amide bonds. The third kappa shape index (κ3) is 7.01. The first-order valence-electron chi connectivity index (χ1n) is 11.7. The Hall–Kier alpha value is -4.49. The van der Waals surface area contributed by atoms with Crippen LogP contribution in [0.25, 0.3) is 17.7 Å². The molecule has 0 saturated heterocycles. The van der Waals surface area contributed by atoms with Gasteiger partial charge < -0.3 is 10.6 Å². The predicted octanol–water partition coefficient (Wildman–Crippen LogP) is 3.95. The minimum atomic E-state index is -0.606. The van der Waals surface area contributed by atoms with E-state index in [1.807, 2.05) is 72.8 Å². The number of carbonyl (C=O) groups excluding carboxylic acids is 3. The van der Waals surface area contributed by atoms with E-state index < -0.39 is 5.91 Å². The zero-order valence-electron chi connectivity index (χ0n) is 19.6. The molecule has 1 saturated carbocycles. The van der Waals surface area contributed by atoms with Crippen molar-refractivity contribution in [2.75, 3.05) is 0 Å². The minimum absolute atomic E-state index is 0.0938. The van der Waals surface area contributed by atoms with Crippen molar-refractivity contribution in [1.29, 1.82) is 0 Å². The van der Waals surface area contributed by atoms with Crippen LogP contribution in [-0.4, -0.2) is 29.0 Å². The summed E-state index contributed by atoms with van der Waals surface area (Å²) in [6.07, 6.45) is 6.67. The first-order chi connectivity index (χ1) is 17.5. The molecule has 1 fully saturated rings. The van der Waals surface area contributed by atoms with Crippen molar-refractivity contribution >= 4 is 35.4 Å². The van der Waals surface area contributed by atoms with Crippen LogP contribution in [0, 0.1) is 0 Å². The molecular weight excluding hydrogens is 454 g/mol. The van der Waals surface area contributed by atoms with E-state index in [0.717, 1.165) is 35.1 Å². The summed E-state index contributed by atoms with van der Waals surface area (Å²) >= 11 is 0. The molecule has 0 aliphatic heterocycles. The Morgan fingerprint density at radius 1 is 0.833 bits per heavy atom. The lowest BCUT2D eigenvalue weighted by Gasteiger charge is -2.10. The first kappa shape index (κ1) is 24.6. The highest BCUT2D eigenvalue weighted by atomic mass is 16.5. The summed E-state index contributed by atoms with van der Waals surface area (Å²) < 4.78 is 0. The molecule has 7 nitrogen and oxygen atoms in total. The van der Waals surface area contributed by atoms with E-state index in [1.165, 1.54) is 11.6 Å². The molecule has 1 aliphatic carbocycles. The fourth-order valence-corrected chi connectivity index (χ4v) is 3.53. The van der Waals surface area contributed by atoms with Crippen molar-refractivity contribution in [2.45, 2.75) is 25.4 Å². The summed E-state index contributed by atoms with van der Waals surface area (Å²) in [4.78, 5) is 36.5. The standard InChI is InChI=1S/C29H27N3O4/c33-27(32-36)17-12-20-6-8-22(9-7-20)19-30-28(34)24-13-10-21(11-14-24)18-26(23-4-2-1-3-5-23)29(35)31-25-15-16-25/h1-14,17-18,25,36H,15-16,19H2,(H,30,34)(H,31,35)(H,32,33)/b17-12+,26-18-. The van der Waals surface area contributed by atoms with Gasteiger partial charge in [-0.1, -0.05) is 66.7 Å². The van der Waals surface area contributed by atoms with Gasteiger partial charge in [0.05, 0.1) is 0 Å². The summed E-state index contributed by atoms with van der Waals surface area (Å²) in [7, 11) is 0. The molecule has 4 rings (SSSR count). The summed E-state index contributed by atoms with van der Waals surface area (Å²) in [5.74, 6) is -0.904. The van der Waals surface area contributed by atoms with Gasteiger partial charge in [0.1, 0.15) is 0 Å². The van der Waals surface area contributed by atoms with E-state index in [2.05, 4.69) is 10.6 Å². The van der Waals surface area contributed by atoms with E-state index >= 15 is 0 Å². The van der Waals surface area contributed by atoms with E-state index in [4.69, 9.17) is 5.21 Å². The SMILES string of the molecule is O=C(/C=C/c1ccc(CNC(=O)c2ccc(/C=C(\C(=O)NC3CC3)c3ccccc3)cc2)cc1)NO. The number of hydroxylamine groups is 1. The van der Waals surface area contributed by atoms with Crippen molar-refractivity contribution in [2.24, 2.45) is 0 Å². The molecule has 3 aromatic carbocycles. The highest BCUT2D eigenvalue weighted by molar-refractivity contribution is 6.24. The quantitative estimate of drug-likeness (QED) is 0.161. The lowest BCUT2D eigenvalue weighted by atomic mass is 10.0. The van der Waals surface area contributed by atoms with Crippen LogP contribution in [0.15, 0.2) is 84.9 Å². The Bertz CT molecular complexity index is 1280. The Balaban J connectivity index is 1.39. The molecular formula is C29H27N3O4. The van der Waals surface area contributed by atoms with Gasteiger partial charge in [0.2, 0.25) is 0 Å². The van der Waals surface area contributed by atoms with Crippen molar-refractivity contribution in [3.63, 3.8) is 0 Å². The van der Waals surface area contributed by atoms with Crippen molar-refractivity contribution in [3.05, 3.63) is 113 Å². The van der Waals surface area contributed by atoms with Gasteiger partial charge in [-0.15, -0.1) is 0 Å². The summed E-state index contributed by atoms with van der Waals surface area (Å²) in [5.41, 5.74) is 6.01. The second-order valence-corrected chi connectivity index (χ2v) is 8.53. The number of rotatable bonds is 9. The molecule has 36 heavy (non-hydrogen) atoms. The molecule has 4 N–H and O–H groups in total. The van der Waals surface area contributed by atoms with Gasteiger partial charge in [-0.05, 0) is 59.4 Å². The van der Waals surface area contributed by atoms with Crippen LogP contribution in [0.2, 0.25) is 0 Å². The van der Waals surface area contributed by atoms with Crippen LogP contribution in [-0.2, 0) is 16.1 Å². The van der Waals surface area contributed by atoms with E-state index in [1.54, 1.807) is 18.2 Å². The zero-order valence-corrected chi connectivity index (χ0v) is 19.6. The Labute approximate surface area is 209 Å². The molecule has 1 aliphatic rings. The molecule has 7 heteroatoms. The first-order valence-corrected chi connectivity index (χ1v) is 11.7. The van der Waals surface area contributed by atoms with E-state index in [-0.39, 0.29) is 17.9 Å². The predicted molar refractivity (Wildman–Crippen MR) is 138 cm³/mol. The largest absolute Gasteiger partial charge is 0.349 e. The molecule has 0 atom stereocenters. The number of hydrogen-bond acceptors (Lipinski definition) is 4. The fraction of sp³-hybridized carbons (Fsp3) is 0.138. The van der Waals surface area contributed by atoms with Crippen LogP contribution in [0.4, 0.5) is 0 Å². The maximum atomic E-state index is 12.8. The molecule has 3 aromatic rings. The maximum absolute atomic E-state index is 12.8. The minimum Gasteiger partial charge on any atom is -0.349 e. The highest BCUT2D eigenvalue weighted by Crippen LogP contribution is 2.23. The number of benzene rings is 3. The topological polar surface area (TPSA) is 108 Å². The van der Waals surface area contributed by atoms with Gasteiger partial charge in [-0.25, -0.2) is 5.48 Å². The molecule has 0 aromatic heterocycles. The van der Waals surface area contributed by atoms with Crippen molar-refractivity contribution in [3.8, 4) is 0 Å². The van der Waals surface area contributed by atoms with Gasteiger partial charge in [0.15, 0.2) is 0 Å². The van der Waals surface area contributed by atoms with Crippen LogP contribution in [0.3, 0.4) is 0 Å². The monoisotopic (exact) mass is 481 g/mol. The van der Waals surface area contributed by atoms with Crippen LogP contribution >= 0.6 is 0 Å². The van der Waals surface area contributed by atoms with E-state index in [9.17, 15) is 14.4 Å². The second kappa shape index (κ2) is 11.8. The summed E-state index contributed by atoms with van der Waals surface area (Å²) in [5, 5.41) is 14.5. The van der Waals surface area contributed by atoms with Gasteiger partial charge in [0.25, 0.3) is 17.7 Å². The van der Waals surface area contributed by atoms with Crippen molar-refractivity contribution < 1.29 is 19.6 Å². The zero-order chi connectivity index (χ0) is 25.3. The van der Waals surface area contributed by atoms with Crippen LogP contribution < -0.4 is 16.1 Å². The average Bonchev–Trinajstić information content (AvgIpc) is 3.74. The lowest BCUT2D eigenvalue weighted by Crippen LogP contribution is -2.26. The third-order valence-electron chi connectivity index (χ3n) is 5.70. The number of amides is 3.